The summed E-state index contributed by atoms with van der Waals surface area (Å²) in [5, 5.41) is 10.4. The van der Waals surface area contributed by atoms with Gasteiger partial charge in [0, 0.05) is 11.3 Å². The molecule has 0 spiro atoms. The topological polar surface area (TPSA) is 102 Å². The number of amides is 1. The molecule has 0 aliphatic carbocycles. The van der Waals surface area contributed by atoms with Crippen LogP contribution >= 0.6 is 0 Å². The smallest absolute Gasteiger partial charge is 0.291 e. The number of nitrogens with one attached hydrogen (secondary N) is 1. The third-order valence-electron chi connectivity index (χ3n) is 3.52. The molecule has 0 saturated carbocycles. The molecule has 8 heteroatoms. The zero-order valence-electron chi connectivity index (χ0n) is 13.3. The van der Waals surface area contributed by atoms with Gasteiger partial charge in [-0.05, 0) is 36.4 Å². The van der Waals surface area contributed by atoms with Crippen molar-refractivity contribution in [1.82, 2.24) is 10.2 Å². The number of hydrogen-bond acceptors (Lipinski definition) is 6. The Labute approximate surface area is 144 Å². The first-order chi connectivity index (χ1) is 12.0. The van der Waals surface area contributed by atoms with E-state index in [2.05, 4.69) is 15.5 Å². The predicted octanol–water partition coefficient (Wildman–Crippen LogP) is 2.78. The van der Waals surface area contributed by atoms with E-state index in [1.54, 1.807) is 49.4 Å². The van der Waals surface area contributed by atoms with Crippen molar-refractivity contribution in [3.63, 3.8) is 0 Å². The number of carbonyl (C=O) groups is 1. The van der Waals surface area contributed by atoms with Crippen molar-refractivity contribution in [3.05, 3.63) is 60.6 Å². The van der Waals surface area contributed by atoms with Gasteiger partial charge in [0.15, 0.2) is 20.6 Å². The summed E-state index contributed by atoms with van der Waals surface area (Å²) in [6.07, 6.45) is 1.43. The van der Waals surface area contributed by atoms with Crippen molar-refractivity contribution in [3.8, 4) is 11.3 Å². The summed E-state index contributed by atoms with van der Waals surface area (Å²) in [6.45, 7) is 1.56. The molecule has 0 fully saturated rings. The Balaban J connectivity index is 1.75. The van der Waals surface area contributed by atoms with Crippen LogP contribution in [0.4, 0.5) is 5.69 Å². The molecule has 7 nitrogen and oxygen atoms in total. The molecular weight excluding hydrogens is 342 g/mol. The van der Waals surface area contributed by atoms with E-state index in [1.807, 2.05) is 0 Å². The molecular formula is C17H15N3O4S. The normalized spacial score (nSPS) is 11.2. The molecule has 2 heterocycles. The summed E-state index contributed by atoms with van der Waals surface area (Å²) in [5.74, 6) is -0.139. The van der Waals surface area contributed by atoms with Crippen LogP contribution in [0, 0.1) is 0 Å². The Hall–Kier alpha value is -3.00. The Bertz CT molecular complexity index is 964. The Morgan fingerprint density at radius 1 is 1.08 bits per heavy atom. The average molecular weight is 357 g/mol. The average Bonchev–Trinajstić information content (AvgIpc) is 3.17. The lowest BCUT2D eigenvalue weighted by atomic mass is 10.1. The van der Waals surface area contributed by atoms with Gasteiger partial charge in [0.25, 0.3) is 5.91 Å². The largest absolute Gasteiger partial charge is 0.459 e. The van der Waals surface area contributed by atoms with E-state index in [1.165, 1.54) is 12.3 Å². The van der Waals surface area contributed by atoms with E-state index >= 15 is 0 Å². The summed E-state index contributed by atoms with van der Waals surface area (Å²) in [6, 6.07) is 13.2. The quantitative estimate of drug-likeness (QED) is 0.753. The van der Waals surface area contributed by atoms with Crippen LogP contribution in [0.25, 0.3) is 11.3 Å². The molecule has 0 saturated heterocycles. The zero-order chi connectivity index (χ0) is 17.9. The van der Waals surface area contributed by atoms with E-state index in [-0.39, 0.29) is 22.4 Å². The van der Waals surface area contributed by atoms with E-state index in [0.717, 1.165) is 5.56 Å². The third kappa shape index (κ3) is 3.74. The molecule has 3 rings (SSSR count). The number of rotatable bonds is 5. The molecule has 1 aromatic carbocycles. The minimum atomic E-state index is -3.37. The molecule has 128 valence electrons. The number of anilines is 1. The maximum Gasteiger partial charge on any atom is 0.291 e. The van der Waals surface area contributed by atoms with Crippen LogP contribution in [-0.4, -0.2) is 30.3 Å². The monoisotopic (exact) mass is 357 g/mol. The van der Waals surface area contributed by atoms with Crippen LogP contribution in [-0.2, 0) is 9.84 Å². The minimum absolute atomic E-state index is 0.0227. The van der Waals surface area contributed by atoms with Crippen molar-refractivity contribution in [1.29, 1.82) is 0 Å². The molecule has 0 bridgehead atoms. The molecule has 0 aliphatic heterocycles. The van der Waals surface area contributed by atoms with E-state index in [4.69, 9.17) is 4.42 Å². The fourth-order valence-corrected chi connectivity index (χ4v) is 2.85. The lowest BCUT2D eigenvalue weighted by Crippen LogP contribution is -2.10. The Morgan fingerprint density at radius 2 is 1.84 bits per heavy atom. The number of furan rings is 1. The van der Waals surface area contributed by atoms with E-state index < -0.39 is 9.84 Å². The highest BCUT2D eigenvalue weighted by molar-refractivity contribution is 7.91. The fourth-order valence-electron chi connectivity index (χ4n) is 2.11. The second-order valence-electron chi connectivity index (χ2n) is 5.17. The van der Waals surface area contributed by atoms with Gasteiger partial charge in [0.1, 0.15) is 0 Å². The van der Waals surface area contributed by atoms with Gasteiger partial charge >= 0.3 is 0 Å². The maximum atomic E-state index is 11.9. The minimum Gasteiger partial charge on any atom is -0.459 e. The summed E-state index contributed by atoms with van der Waals surface area (Å²) in [4.78, 5) is 11.9. The van der Waals surface area contributed by atoms with Crippen LogP contribution < -0.4 is 5.32 Å². The van der Waals surface area contributed by atoms with E-state index in [9.17, 15) is 13.2 Å². The van der Waals surface area contributed by atoms with Gasteiger partial charge in [-0.3, -0.25) is 4.79 Å². The van der Waals surface area contributed by atoms with Crippen molar-refractivity contribution in [2.75, 3.05) is 11.1 Å². The van der Waals surface area contributed by atoms with Gasteiger partial charge in [0.2, 0.25) is 0 Å². The number of nitrogens with zero attached hydrogens (tertiary/aromatic N) is 2. The number of hydrogen-bond donors (Lipinski definition) is 1. The van der Waals surface area contributed by atoms with Crippen LogP contribution in [0.5, 0.6) is 0 Å². The number of benzene rings is 1. The van der Waals surface area contributed by atoms with Gasteiger partial charge in [-0.25, -0.2) is 8.42 Å². The molecule has 25 heavy (non-hydrogen) atoms. The maximum absolute atomic E-state index is 11.9. The Morgan fingerprint density at radius 3 is 2.40 bits per heavy atom. The number of aromatic nitrogens is 2. The van der Waals surface area contributed by atoms with Gasteiger partial charge in [0.05, 0.1) is 17.7 Å². The molecule has 1 amide bonds. The number of sulfone groups is 1. The molecule has 0 unspecified atom stereocenters. The zero-order valence-corrected chi connectivity index (χ0v) is 14.2. The number of carbonyl (C=O) groups excluding carboxylic acids is 1. The molecule has 0 radical (unpaired) electrons. The lowest BCUT2D eigenvalue weighted by molar-refractivity contribution is 0.0996. The van der Waals surface area contributed by atoms with Crippen LogP contribution in [0.3, 0.4) is 0 Å². The first-order valence-corrected chi connectivity index (χ1v) is 9.16. The summed E-state index contributed by atoms with van der Waals surface area (Å²) >= 11 is 0. The molecule has 1 N–H and O–H groups in total. The van der Waals surface area contributed by atoms with Crippen molar-refractivity contribution in [2.24, 2.45) is 0 Å². The first-order valence-electron chi connectivity index (χ1n) is 7.51. The molecule has 0 atom stereocenters. The molecule has 2 aromatic heterocycles. The van der Waals surface area contributed by atoms with Gasteiger partial charge in [-0.1, -0.05) is 19.1 Å². The highest BCUT2D eigenvalue weighted by atomic mass is 32.2. The van der Waals surface area contributed by atoms with Crippen LogP contribution in [0.15, 0.2) is 64.2 Å². The standard InChI is InChI=1S/C17H15N3O4S/c1-2-25(22,23)16-10-9-14(19-20-16)12-5-7-13(8-6-12)18-17(21)15-4-3-11-24-15/h3-11H,2H2,1H3,(H,18,21). The van der Waals surface area contributed by atoms with Crippen molar-refractivity contribution >= 4 is 21.4 Å². The molecule has 3 aromatic rings. The van der Waals surface area contributed by atoms with E-state index in [0.29, 0.717) is 11.4 Å². The van der Waals surface area contributed by atoms with Crippen molar-refractivity contribution < 1.29 is 17.6 Å². The summed E-state index contributed by atoms with van der Waals surface area (Å²) in [7, 11) is -3.37. The van der Waals surface area contributed by atoms with Gasteiger partial charge < -0.3 is 9.73 Å². The Kier molecular flexibility index (Phi) is 4.62. The second kappa shape index (κ2) is 6.86. The summed E-state index contributed by atoms with van der Waals surface area (Å²) < 4.78 is 28.5. The fraction of sp³-hybridized carbons (Fsp3) is 0.118. The molecule has 0 aliphatic rings. The van der Waals surface area contributed by atoms with Gasteiger partial charge in [-0.15, -0.1) is 10.2 Å². The van der Waals surface area contributed by atoms with Crippen LogP contribution in [0.2, 0.25) is 0 Å². The van der Waals surface area contributed by atoms with Gasteiger partial charge in [-0.2, -0.15) is 0 Å². The van der Waals surface area contributed by atoms with Crippen molar-refractivity contribution in [2.45, 2.75) is 11.9 Å². The third-order valence-corrected chi connectivity index (χ3v) is 5.14. The SMILES string of the molecule is CCS(=O)(=O)c1ccc(-c2ccc(NC(=O)c3ccco3)cc2)nn1. The van der Waals surface area contributed by atoms with Crippen LogP contribution in [0.1, 0.15) is 17.5 Å². The highest BCUT2D eigenvalue weighted by Crippen LogP contribution is 2.20. The predicted molar refractivity (Wildman–Crippen MR) is 91.9 cm³/mol. The lowest BCUT2D eigenvalue weighted by Gasteiger charge is -2.05. The highest BCUT2D eigenvalue weighted by Gasteiger charge is 2.14. The first kappa shape index (κ1) is 16.8. The summed E-state index contributed by atoms with van der Waals surface area (Å²) in [5.41, 5.74) is 1.89. The second-order valence-corrected chi connectivity index (χ2v) is 7.39.